The van der Waals surface area contributed by atoms with Gasteiger partial charge in [-0.05, 0) is 62.2 Å². The molecule has 0 aliphatic heterocycles. The van der Waals surface area contributed by atoms with Gasteiger partial charge in [-0.1, -0.05) is 36.7 Å². The van der Waals surface area contributed by atoms with E-state index in [1.807, 2.05) is 62.4 Å². The van der Waals surface area contributed by atoms with Gasteiger partial charge in [-0.25, -0.2) is 8.95 Å². The number of hydrogen-bond donors (Lipinski definition) is 2. The number of ether oxygens (including phenoxy) is 1. The van der Waals surface area contributed by atoms with Crippen molar-refractivity contribution in [2.75, 3.05) is 11.9 Å². The molecule has 0 unspecified atom stereocenters. The lowest BCUT2D eigenvalue weighted by molar-refractivity contribution is 0.340. The highest BCUT2D eigenvalue weighted by atomic mass is 32.1. The zero-order valence-electron chi connectivity index (χ0n) is 15.8. The summed E-state index contributed by atoms with van der Waals surface area (Å²) in [6.07, 6.45) is 0.901. The zero-order chi connectivity index (χ0) is 19.2. The Bertz CT molecular complexity index is 986. The Hall–Kier alpha value is -2.86. The third kappa shape index (κ3) is 4.65. The molecule has 0 bridgehead atoms. The minimum Gasteiger partial charge on any atom is -0.494 e. The van der Waals surface area contributed by atoms with E-state index in [4.69, 9.17) is 15.1 Å². The lowest BCUT2D eigenvalue weighted by Crippen LogP contribution is -2.28. The molecule has 140 valence electrons. The first-order valence-electron chi connectivity index (χ1n) is 9.02. The van der Waals surface area contributed by atoms with E-state index < -0.39 is 0 Å². The maximum Gasteiger partial charge on any atom is 0.223 e. The minimum absolute atomic E-state index is 0.406. The molecule has 1 aromatic heterocycles. The Balaban J connectivity index is 2.01. The van der Waals surface area contributed by atoms with Crippen LogP contribution in [0.2, 0.25) is 0 Å². The topological polar surface area (TPSA) is 62.4 Å². The maximum atomic E-state index is 8.27. The van der Waals surface area contributed by atoms with Crippen LogP contribution in [0.15, 0.2) is 59.6 Å². The molecule has 6 heteroatoms. The van der Waals surface area contributed by atoms with Gasteiger partial charge < -0.3 is 10.1 Å². The lowest BCUT2D eigenvalue weighted by atomic mass is 10.1. The van der Waals surface area contributed by atoms with Crippen molar-refractivity contribution in [2.24, 2.45) is 4.99 Å². The molecule has 0 saturated heterocycles. The monoisotopic (exact) mass is 380 g/mol. The maximum absolute atomic E-state index is 8.27. The quantitative estimate of drug-likeness (QED) is 0.486. The summed E-state index contributed by atoms with van der Waals surface area (Å²) in [6.45, 7) is 6.72. The highest BCUT2D eigenvalue weighted by Gasteiger charge is 2.09. The molecule has 1 heterocycles. The van der Waals surface area contributed by atoms with Crippen LogP contribution in [-0.4, -0.2) is 16.5 Å². The number of aryl methyl sites for hydroxylation is 2. The van der Waals surface area contributed by atoms with E-state index in [9.17, 15) is 0 Å². The molecule has 0 atom stereocenters. The van der Waals surface area contributed by atoms with Gasteiger partial charge in [0.05, 0.1) is 12.3 Å². The molecule has 3 aromatic rings. The standard InChI is InChI=1S/C21H24N4OS/c1-4-16-8-6-7-9-19(16)24-21(25-20(22)14-15(3)27-25)23-17-10-12-18(13-11-17)26-5-2/h6-14,22H,4-5H2,1-3H3,(H,23,24). The van der Waals surface area contributed by atoms with Crippen LogP contribution in [0.25, 0.3) is 0 Å². The van der Waals surface area contributed by atoms with Crippen LogP contribution >= 0.6 is 11.5 Å². The fraction of sp³-hybridized carbons (Fsp3) is 0.238. The molecule has 0 radical (unpaired) electrons. The van der Waals surface area contributed by atoms with Gasteiger partial charge >= 0.3 is 0 Å². The Kier molecular flexibility index (Phi) is 6.08. The van der Waals surface area contributed by atoms with Gasteiger partial charge in [0.2, 0.25) is 5.96 Å². The first kappa shape index (κ1) is 18.9. The Morgan fingerprint density at radius 3 is 2.52 bits per heavy atom. The number of hydrogen-bond acceptors (Lipinski definition) is 4. The molecule has 0 aliphatic carbocycles. The highest BCUT2D eigenvalue weighted by Crippen LogP contribution is 2.21. The zero-order valence-corrected chi connectivity index (χ0v) is 16.6. The number of benzene rings is 2. The Morgan fingerprint density at radius 1 is 1.15 bits per heavy atom. The van der Waals surface area contributed by atoms with E-state index in [0.717, 1.165) is 28.4 Å². The van der Waals surface area contributed by atoms with Crippen LogP contribution in [0.3, 0.4) is 0 Å². The van der Waals surface area contributed by atoms with Gasteiger partial charge in [0.15, 0.2) is 0 Å². The van der Waals surface area contributed by atoms with Crippen molar-refractivity contribution in [3.8, 4) is 5.75 Å². The largest absolute Gasteiger partial charge is 0.494 e. The van der Waals surface area contributed by atoms with E-state index in [0.29, 0.717) is 18.1 Å². The highest BCUT2D eigenvalue weighted by molar-refractivity contribution is 7.07. The van der Waals surface area contributed by atoms with Gasteiger partial charge in [0, 0.05) is 10.6 Å². The summed E-state index contributed by atoms with van der Waals surface area (Å²) in [6, 6.07) is 17.7. The summed E-state index contributed by atoms with van der Waals surface area (Å²) in [5.74, 6) is 1.45. The van der Waals surface area contributed by atoms with E-state index in [1.165, 1.54) is 17.1 Å². The Morgan fingerprint density at radius 2 is 1.89 bits per heavy atom. The fourth-order valence-electron chi connectivity index (χ4n) is 2.72. The first-order valence-corrected chi connectivity index (χ1v) is 9.79. The fourth-order valence-corrected chi connectivity index (χ4v) is 3.49. The summed E-state index contributed by atoms with van der Waals surface area (Å²) >= 11 is 1.50. The Labute approximate surface area is 163 Å². The van der Waals surface area contributed by atoms with E-state index in [1.54, 1.807) is 3.96 Å². The summed E-state index contributed by atoms with van der Waals surface area (Å²) < 4.78 is 7.31. The number of aromatic nitrogens is 1. The first-order chi connectivity index (χ1) is 13.1. The van der Waals surface area contributed by atoms with Crippen molar-refractivity contribution >= 4 is 28.9 Å². The second-order valence-electron chi connectivity index (χ2n) is 6.03. The lowest BCUT2D eigenvalue weighted by Gasteiger charge is -2.12. The van der Waals surface area contributed by atoms with Crippen LogP contribution < -0.4 is 15.5 Å². The second kappa shape index (κ2) is 8.68. The van der Waals surface area contributed by atoms with Gasteiger partial charge in [0.1, 0.15) is 11.2 Å². The van der Waals surface area contributed by atoms with Gasteiger partial charge in [-0.3, -0.25) is 5.41 Å². The average molecular weight is 381 g/mol. The summed E-state index contributed by atoms with van der Waals surface area (Å²) in [7, 11) is 0. The van der Waals surface area contributed by atoms with Crippen molar-refractivity contribution < 1.29 is 4.74 Å². The predicted molar refractivity (Wildman–Crippen MR) is 112 cm³/mol. The number of aliphatic imine (C=N–C) groups is 1. The summed E-state index contributed by atoms with van der Waals surface area (Å²) in [5.41, 5.74) is 3.38. The SMILES string of the molecule is CCOc1ccc(NC(=Nc2ccccc2CC)n2sc(C)cc2=N)cc1. The predicted octanol–water partition coefficient (Wildman–Crippen LogP) is 4.95. The van der Waals surface area contributed by atoms with Crippen LogP contribution in [0.4, 0.5) is 11.4 Å². The smallest absolute Gasteiger partial charge is 0.223 e. The van der Waals surface area contributed by atoms with Gasteiger partial charge in [-0.15, -0.1) is 0 Å². The number of nitrogens with zero attached hydrogens (tertiary/aromatic N) is 2. The molecule has 0 spiro atoms. The molecule has 0 saturated carbocycles. The van der Waals surface area contributed by atoms with Crippen LogP contribution in [0.1, 0.15) is 24.3 Å². The molecule has 27 heavy (non-hydrogen) atoms. The summed E-state index contributed by atoms with van der Waals surface area (Å²) in [4.78, 5) is 5.92. The average Bonchev–Trinajstić information content (AvgIpc) is 3.01. The second-order valence-corrected chi connectivity index (χ2v) is 7.22. The molecule has 2 N–H and O–H groups in total. The van der Waals surface area contributed by atoms with Crippen molar-refractivity contribution in [3.63, 3.8) is 0 Å². The number of nitrogens with one attached hydrogen (secondary N) is 2. The van der Waals surface area contributed by atoms with Gasteiger partial charge in [-0.2, -0.15) is 0 Å². The van der Waals surface area contributed by atoms with E-state index in [2.05, 4.69) is 18.3 Å². The number of para-hydroxylation sites is 1. The van der Waals surface area contributed by atoms with E-state index in [-0.39, 0.29) is 0 Å². The third-order valence-electron chi connectivity index (χ3n) is 4.01. The molecule has 0 aliphatic rings. The molecule has 2 aromatic carbocycles. The molecule has 0 fully saturated rings. The molecule has 0 amide bonds. The molecular weight excluding hydrogens is 356 g/mol. The normalized spacial score (nSPS) is 11.4. The minimum atomic E-state index is 0.406. The molecule has 5 nitrogen and oxygen atoms in total. The van der Waals surface area contributed by atoms with E-state index >= 15 is 0 Å². The molecular formula is C21H24N4OS. The summed E-state index contributed by atoms with van der Waals surface area (Å²) in [5, 5.41) is 11.6. The van der Waals surface area contributed by atoms with Crippen LogP contribution in [0.5, 0.6) is 5.75 Å². The van der Waals surface area contributed by atoms with Gasteiger partial charge in [0.25, 0.3) is 0 Å². The van der Waals surface area contributed by atoms with Crippen molar-refractivity contribution in [3.05, 3.63) is 70.5 Å². The van der Waals surface area contributed by atoms with Crippen molar-refractivity contribution in [2.45, 2.75) is 27.2 Å². The van der Waals surface area contributed by atoms with Crippen molar-refractivity contribution in [1.29, 1.82) is 5.41 Å². The van der Waals surface area contributed by atoms with Crippen LogP contribution in [-0.2, 0) is 6.42 Å². The third-order valence-corrected chi connectivity index (χ3v) is 4.96. The molecule has 3 rings (SSSR count). The van der Waals surface area contributed by atoms with Crippen molar-refractivity contribution in [1.82, 2.24) is 3.96 Å². The number of rotatable bonds is 5. The number of anilines is 1. The van der Waals surface area contributed by atoms with Crippen LogP contribution in [0, 0.1) is 12.3 Å².